The van der Waals surface area contributed by atoms with Gasteiger partial charge in [0.15, 0.2) is 15.6 Å². The maximum absolute atomic E-state index is 12.2. The van der Waals surface area contributed by atoms with E-state index in [1.807, 2.05) is 27.7 Å². The van der Waals surface area contributed by atoms with Crippen LogP contribution in [0.3, 0.4) is 0 Å². The van der Waals surface area contributed by atoms with E-state index in [2.05, 4.69) is 0 Å². The molecule has 0 radical (unpaired) electrons. The van der Waals surface area contributed by atoms with Gasteiger partial charge < -0.3 is 9.31 Å². The zero-order valence-electron chi connectivity index (χ0n) is 14.1. The lowest BCUT2D eigenvalue weighted by Gasteiger charge is -2.32. The standard InChI is InChI=1S/C16H21BO5S/c1-15(2)16(3,4)22-17(21-15)11-7-9-13(23(5,19)20)14-10(11)6-8-12(14)18/h7,9H,6,8H2,1-5H3. The molecule has 0 unspecified atom stereocenters. The van der Waals surface area contributed by atoms with Gasteiger partial charge in [-0.1, -0.05) is 6.07 Å². The van der Waals surface area contributed by atoms with Crippen LogP contribution in [0.25, 0.3) is 0 Å². The first kappa shape index (κ1) is 16.7. The summed E-state index contributed by atoms with van der Waals surface area (Å²) < 4.78 is 36.0. The number of hydrogen-bond acceptors (Lipinski definition) is 5. The molecule has 0 spiro atoms. The molecule has 0 atom stereocenters. The Morgan fingerprint density at radius 2 is 1.61 bits per heavy atom. The van der Waals surface area contributed by atoms with Gasteiger partial charge in [-0.3, -0.25) is 4.79 Å². The summed E-state index contributed by atoms with van der Waals surface area (Å²) in [6.07, 6.45) is 1.98. The molecule has 0 saturated carbocycles. The summed E-state index contributed by atoms with van der Waals surface area (Å²) in [4.78, 5) is 12.3. The number of ketones is 1. The normalized spacial score (nSPS) is 22.5. The molecule has 3 rings (SSSR count). The molecule has 1 aromatic rings. The first-order valence-corrected chi connectivity index (χ1v) is 9.58. The van der Waals surface area contributed by atoms with E-state index in [-0.39, 0.29) is 10.7 Å². The number of rotatable bonds is 2. The van der Waals surface area contributed by atoms with Crippen molar-refractivity contribution in [1.29, 1.82) is 0 Å². The van der Waals surface area contributed by atoms with Gasteiger partial charge in [-0.2, -0.15) is 0 Å². The number of fused-ring (bicyclic) bond motifs is 1. The third-order valence-electron chi connectivity index (χ3n) is 5.10. The second-order valence-corrected chi connectivity index (χ2v) is 9.27. The molecule has 1 aliphatic heterocycles. The third-order valence-corrected chi connectivity index (χ3v) is 6.24. The highest BCUT2D eigenvalue weighted by atomic mass is 32.2. The molecule has 0 N–H and O–H groups in total. The van der Waals surface area contributed by atoms with E-state index in [1.54, 1.807) is 6.07 Å². The van der Waals surface area contributed by atoms with Crippen molar-refractivity contribution in [2.45, 2.75) is 56.6 Å². The summed E-state index contributed by atoms with van der Waals surface area (Å²) in [7, 11) is -4.04. The fraction of sp³-hybridized carbons (Fsp3) is 0.562. The minimum absolute atomic E-state index is 0.107. The molecule has 1 saturated heterocycles. The van der Waals surface area contributed by atoms with Crippen LogP contribution in [0, 0.1) is 0 Å². The van der Waals surface area contributed by atoms with Crippen LogP contribution in [-0.2, 0) is 25.6 Å². The molecule has 0 amide bonds. The summed E-state index contributed by atoms with van der Waals surface area (Å²) in [6, 6.07) is 3.22. The van der Waals surface area contributed by atoms with Gasteiger partial charge in [-0.25, -0.2) is 8.42 Å². The Kier molecular flexibility index (Phi) is 3.56. The van der Waals surface area contributed by atoms with Crippen LogP contribution in [0.5, 0.6) is 0 Å². The maximum Gasteiger partial charge on any atom is 0.495 e. The molecule has 1 aromatic carbocycles. The fourth-order valence-corrected chi connectivity index (χ4v) is 4.00. The third kappa shape index (κ3) is 2.55. The molecule has 124 valence electrons. The molecule has 1 fully saturated rings. The predicted octanol–water partition coefficient (Wildman–Crippen LogP) is 1.52. The average Bonchev–Trinajstić information content (AvgIpc) is 2.86. The number of carbonyl (C=O) groups excluding carboxylic acids is 1. The van der Waals surface area contributed by atoms with Gasteiger partial charge in [0.05, 0.1) is 16.1 Å². The molecule has 0 bridgehead atoms. The molecule has 1 heterocycles. The van der Waals surface area contributed by atoms with Crippen molar-refractivity contribution in [2.75, 3.05) is 6.26 Å². The van der Waals surface area contributed by atoms with Crippen molar-refractivity contribution >= 4 is 28.2 Å². The van der Waals surface area contributed by atoms with Gasteiger partial charge in [-0.15, -0.1) is 0 Å². The minimum atomic E-state index is -3.45. The van der Waals surface area contributed by atoms with Crippen LogP contribution in [0.4, 0.5) is 0 Å². The lowest BCUT2D eigenvalue weighted by atomic mass is 9.75. The SMILES string of the molecule is CC1(C)OB(c2ccc(S(C)(=O)=O)c3c2CCC3=O)OC1(C)C. The summed E-state index contributed by atoms with van der Waals surface area (Å²) in [5.74, 6) is -0.126. The minimum Gasteiger partial charge on any atom is -0.399 e. The number of carbonyl (C=O) groups is 1. The number of hydrogen-bond donors (Lipinski definition) is 0. The van der Waals surface area contributed by atoms with E-state index in [0.717, 1.165) is 17.3 Å². The highest BCUT2D eigenvalue weighted by molar-refractivity contribution is 7.90. The molecular weight excluding hydrogens is 315 g/mol. The van der Waals surface area contributed by atoms with Crippen LogP contribution in [-0.4, -0.2) is 38.8 Å². The molecule has 5 nitrogen and oxygen atoms in total. The maximum atomic E-state index is 12.2. The summed E-state index contributed by atoms with van der Waals surface area (Å²) >= 11 is 0. The van der Waals surface area contributed by atoms with Crippen molar-refractivity contribution < 1.29 is 22.5 Å². The Balaban J connectivity index is 2.13. The molecule has 0 aromatic heterocycles. The highest BCUT2D eigenvalue weighted by Crippen LogP contribution is 2.38. The first-order valence-electron chi connectivity index (χ1n) is 7.69. The van der Waals surface area contributed by atoms with Crippen molar-refractivity contribution in [3.8, 4) is 0 Å². The number of sulfone groups is 1. The number of Topliss-reactive ketones (excluding diaryl/α,β-unsaturated/α-hetero) is 1. The Hall–Kier alpha value is -1.18. The van der Waals surface area contributed by atoms with Crippen molar-refractivity contribution in [2.24, 2.45) is 0 Å². The lowest BCUT2D eigenvalue weighted by molar-refractivity contribution is 0.00578. The van der Waals surface area contributed by atoms with E-state index in [0.29, 0.717) is 18.4 Å². The van der Waals surface area contributed by atoms with Gasteiger partial charge in [0, 0.05) is 18.2 Å². The highest BCUT2D eigenvalue weighted by Gasteiger charge is 2.52. The van der Waals surface area contributed by atoms with Crippen LogP contribution in [0.15, 0.2) is 17.0 Å². The van der Waals surface area contributed by atoms with E-state index in [4.69, 9.17) is 9.31 Å². The van der Waals surface area contributed by atoms with Crippen molar-refractivity contribution in [3.63, 3.8) is 0 Å². The first-order chi connectivity index (χ1) is 10.4. The predicted molar refractivity (Wildman–Crippen MR) is 87.9 cm³/mol. The Morgan fingerprint density at radius 3 is 2.13 bits per heavy atom. The van der Waals surface area contributed by atoms with Crippen LogP contribution in [0.1, 0.15) is 50.0 Å². The van der Waals surface area contributed by atoms with Gasteiger partial charge in [0.2, 0.25) is 0 Å². The zero-order chi connectivity index (χ0) is 17.2. The summed E-state index contributed by atoms with van der Waals surface area (Å²) in [5, 5.41) is 0. The van der Waals surface area contributed by atoms with Gasteiger partial charge in [0.25, 0.3) is 0 Å². The van der Waals surface area contributed by atoms with E-state index in [9.17, 15) is 13.2 Å². The van der Waals surface area contributed by atoms with Crippen molar-refractivity contribution in [1.82, 2.24) is 0 Å². The second-order valence-electron chi connectivity index (χ2n) is 7.29. The average molecular weight is 336 g/mol. The Labute approximate surface area is 137 Å². The molecule has 2 aliphatic rings. The quantitative estimate of drug-likeness (QED) is 0.766. The zero-order valence-corrected chi connectivity index (χ0v) is 14.9. The topological polar surface area (TPSA) is 69.7 Å². The van der Waals surface area contributed by atoms with E-state index in [1.165, 1.54) is 6.07 Å². The van der Waals surface area contributed by atoms with Gasteiger partial charge in [-0.05, 0) is 51.2 Å². The Bertz CT molecular complexity index is 779. The second kappa shape index (κ2) is 4.91. The molecule has 23 heavy (non-hydrogen) atoms. The van der Waals surface area contributed by atoms with E-state index >= 15 is 0 Å². The lowest BCUT2D eigenvalue weighted by Crippen LogP contribution is -2.41. The summed E-state index contributed by atoms with van der Waals surface area (Å²) in [6.45, 7) is 7.85. The molecule has 1 aliphatic carbocycles. The monoisotopic (exact) mass is 336 g/mol. The van der Waals surface area contributed by atoms with Crippen LogP contribution >= 0.6 is 0 Å². The molecular formula is C16H21BO5S. The van der Waals surface area contributed by atoms with Gasteiger partial charge in [0.1, 0.15) is 0 Å². The number of benzene rings is 1. The van der Waals surface area contributed by atoms with Crippen LogP contribution in [0.2, 0.25) is 0 Å². The van der Waals surface area contributed by atoms with E-state index < -0.39 is 28.2 Å². The smallest absolute Gasteiger partial charge is 0.399 e. The van der Waals surface area contributed by atoms with Gasteiger partial charge >= 0.3 is 7.12 Å². The Morgan fingerprint density at radius 1 is 1.04 bits per heavy atom. The van der Waals surface area contributed by atoms with Crippen LogP contribution < -0.4 is 5.46 Å². The summed E-state index contributed by atoms with van der Waals surface area (Å²) in [5.41, 5.74) is 0.860. The fourth-order valence-electron chi connectivity index (χ4n) is 3.08. The largest absolute Gasteiger partial charge is 0.495 e. The molecule has 7 heteroatoms. The van der Waals surface area contributed by atoms with Crippen molar-refractivity contribution in [3.05, 3.63) is 23.3 Å².